The molecule has 0 amide bonds. The van der Waals surface area contributed by atoms with Crippen molar-refractivity contribution < 1.29 is 4.39 Å². The van der Waals surface area contributed by atoms with Gasteiger partial charge in [-0.3, -0.25) is 0 Å². The van der Waals surface area contributed by atoms with Gasteiger partial charge in [0.15, 0.2) is 0 Å². The zero-order chi connectivity index (χ0) is 14.5. The molecule has 0 aromatic heterocycles. The molecule has 0 spiro atoms. The van der Waals surface area contributed by atoms with Crippen LogP contribution in [0.25, 0.3) is 0 Å². The average Bonchev–Trinajstić information content (AvgIpc) is 2.44. The van der Waals surface area contributed by atoms with Gasteiger partial charge >= 0.3 is 0 Å². The third kappa shape index (κ3) is 3.90. The monoisotopic (exact) mass is 399 g/mol. The first kappa shape index (κ1) is 15.7. The van der Waals surface area contributed by atoms with Crippen LogP contribution in [0.4, 0.5) is 4.39 Å². The first-order chi connectivity index (χ1) is 9.61. The van der Waals surface area contributed by atoms with E-state index in [4.69, 9.17) is 0 Å². The fourth-order valence-electron chi connectivity index (χ4n) is 2.18. The Balaban J connectivity index is 2.26. The zero-order valence-electron chi connectivity index (χ0n) is 11.2. The SMILES string of the molecule is CCNC(Cc1ccc(Br)cc1)c1cccc(Br)c1F. The summed E-state index contributed by atoms with van der Waals surface area (Å²) in [6.45, 7) is 2.83. The molecule has 1 nitrogen and oxygen atoms in total. The highest BCUT2D eigenvalue weighted by Gasteiger charge is 2.17. The summed E-state index contributed by atoms with van der Waals surface area (Å²) in [5.74, 6) is -0.185. The van der Waals surface area contributed by atoms with Crippen molar-refractivity contribution in [1.29, 1.82) is 0 Å². The smallest absolute Gasteiger partial charge is 0.142 e. The molecular formula is C16H16Br2FN. The lowest BCUT2D eigenvalue weighted by molar-refractivity contribution is 0.507. The molecule has 0 radical (unpaired) electrons. The second-order valence-electron chi connectivity index (χ2n) is 4.58. The Bertz CT molecular complexity index is 569. The van der Waals surface area contributed by atoms with E-state index in [1.54, 1.807) is 6.07 Å². The summed E-state index contributed by atoms with van der Waals surface area (Å²) in [6.07, 6.45) is 0.758. The lowest BCUT2D eigenvalue weighted by atomic mass is 9.98. The van der Waals surface area contributed by atoms with E-state index in [1.807, 2.05) is 31.2 Å². The van der Waals surface area contributed by atoms with E-state index in [2.05, 4.69) is 49.3 Å². The van der Waals surface area contributed by atoms with Crippen LogP contribution in [0.2, 0.25) is 0 Å². The largest absolute Gasteiger partial charge is 0.310 e. The maximum atomic E-state index is 14.2. The molecule has 0 heterocycles. The Labute approximate surface area is 135 Å². The van der Waals surface area contributed by atoms with Crippen LogP contribution in [0.15, 0.2) is 51.4 Å². The van der Waals surface area contributed by atoms with Crippen LogP contribution in [-0.2, 0) is 6.42 Å². The number of hydrogen-bond acceptors (Lipinski definition) is 1. The van der Waals surface area contributed by atoms with Crippen LogP contribution in [0, 0.1) is 5.82 Å². The summed E-state index contributed by atoms with van der Waals surface area (Å²) in [6, 6.07) is 13.5. The Morgan fingerprint density at radius 3 is 2.45 bits per heavy atom. The second-order valence-corrected chi connectivity index (χ2v) is 6.35. The van der Waals surface area contributed by atoms with Crippen molar-refractivity contribution in [3.63, 3.8) is 0 Å². The molecule has 0 saturated heterocycles. The van der Waals surface area contributed by atoms with Crippen LogP contribution in [0.3, 0.4) is 0 Å². The maximum Gasteiger partial charge on any atom is 0.142 e. The Kier molecular flexibility index (Phi) is 5.75. The molecule has 0 saturated carbocycles. The van der Waals surface area contributed by atoms with Crippen molar-refractivity contribution in [1.82, 2.24) is 5.32 Å². The van der Waals surface area contributed by atoms with E-state index in [9.17, 15) is 4.39 Å². The fourth-order valence-corrected chi connectivity index (χ4v) is 2.83. The summed E-state index contributed by atoms with van der Waals surface area (Å²) < 4.78 is 15.8. The van der Waals surface area contributed by atoms with Gasteiger partial charge in [0.25, 0.3) is 0 Å². The summed E-state index contributed by atoms with van der Waals surface area (Å²) >= 11 is 6.68. The number of benzene rings is 2. The van der Waals surface area contributed by atoms with Crippen LogP contribution < -0.4 is 5.32 Å². The van der Waals surface area contributed by atoms with E-state index >= 15 is 0 Å². The normalized spacial score (nSPS) is 12.4. The quantitative estimate of drug-likeness (QED) is 0.723. The molecule has 1 unspecified atom stereocenters. The molecule has 20 heavy (non-hydrogen) atoms. The third-order valence-corrected chi connectivity index (χ3v) is 4.30. The second kappa shape index (κ2) is 7.34. The van der Waals surface area contributed by atoms with Gasteiger partial charge in [-0.25, -0.2) is 4.39 Å². The minimum Gasteiger partial charge on any atom is -0.310 e. The Morgan fingerprint density at radius 2 is 1.80 bits per heavy atom. The van der Waals surface area contributed by atoms with Crippen molar-refractivity contribution in [2.75, 3.05) is 6.54 Å². The molecule has 0 bridgehead atoms. The molecule has 2 rings (SSSR count). The van der Waals surface area contributed by atoms with Crippen LogP contribution in [-0.4, -0.2) is 6.54 Å². The molecule has 0 aliphatic heterocycles. The molecule has 106 valence electrons. The minimum absolute atomic E-state index is 0.0290. The molecule has 0 fully saturated rings. The standard InChI is InChI=1S/C16H16Br2FN/c1-2-20-15(10-11-6-8-12(17)9-7-11)13-4-3-5-14(18)16(13)19/h3-9,15,20H,2,10H2,1H3. The topological polar surface area (TPSA) is 12.0 Å². The molecule has 1 N–H and O–H groups in total. The van der Waals surface area contributed by atoms with Gasteiger partial charge in [-0.15, -0.1) is 0 Å². The van der Waals surface area contributed by atoms with E-state index < -0.39 is 0 Å². The lowest BCUT2D eigenvalue weighted by Crippen LogP contribution is -2.24. The predicted octanol–water partition coefficient (Wildman–Crippen LogP) is 5.24. The van der Waals surface area contributed by atoms with Crippen molar-refractivity contribution >= 4 is 31.9 Å². The van der Waals surface area contributed by atoms with E-state index in [-0.39, 0.29) is 11.9 Å². The number of likely N-dealkylation sites (N-methyl/N-ethyl adjacent to an activating group) is 1. The number of nitrogens with one attached hydrogen (secondary N) is 1. The first-order valence-electron chi connectivity index (χ1n) is 6.53. The Morgan fingerprint density at radius 1 is 1.10 bits per heavy atom. The van der Waals surface area contributed by atoms with Gasteiger partial charge in [-0.2, -0.15) is 0 Å². The van der Waals surface area contributed by atoms with E-state index in [0.717, 1.165) is 17.4 Å². The van der Waals surface area contributed by atoms with Gasteiger partial charge in [0.1, 0.15) is 5.82 Å². The number of halogens is 3. The molecule has 0 aliphatic rings. The third-order valence-electron chi connectivity index (χ3n) is 3.16. The summed E-state index contributed by atoms with van der Waals surface area (Å²) in [5.41, 5.74) is 1.88. The van der Waals surface area contributed by atoms with Crippen LogP contribution in [0.1, 0.15) is 24.1 Å². The van der Waals surface area contributed by atoms with Crippen molar-refractivity contribution in [3.05, 3.63) is 68.4 Å². The molecule has 2 aromatic carbocycles. The molecule has 0 aliphatic carbocycles. The zero-order valence-corrected chi connectivity index (χ0v) is 14.3. The predicted molar refractivity (Wildman–Crippen MR) is 88.4 cm³/mol. The van der Waals surface area contributed by atoms with E-state index in [0.29, 0.717) is 10.0 Å². The van der Waals surface area contributed by atoms with Crippen LogP contribution >= 0.6 is 31.9 Å². The van der Waals surface area contributed by atoms with Gasteiger partial charge in [-0.05, 0) is 52.7 Å². The van der Waals surface area contributed by atoms with Gasteiger partial charge in [0.05, 0.1) is 4.47 Å². The molecule has 2 aromatic rings. The van der Waals surface area contributed by atoms with Gasteiger partial charge in [-0.1, -0.05) is 47.1 Å². The van der Waals surface area contributed by atoms with Crippen molar-refractivity contribution in [3.8, 4) is 0 Å². The van der Waals surface area contributed by atoms with Crippen molar-refractivity contribution in [2.45, 2.75) is 19.4 Å². The number of rotatable bonds is 5. The summed E-state index contributed by atoms with van der Waals surface area (Å²) in [7, 11) is 0. The van der Waals surface area contributed by atoms with Crippen LogP contribution in [0.5, 0.6) is 0 Å². The first-order valence-corrected chi connectivity index (χ1v) is 8.12. The fraction of sp³-hybridized carbons (Fsp3) is 0.250. The molecule has 4 heteroatoms. The van der Waals surface area contributed by atoms with Crippen molar-refractivity contribution in [2.24, 2.45) is 0 Å². The highest BCUT2D eigenvalue weighted by molar-refractivity contribution is 9.10. The summed E-state index contributed by atoms with van der Waals surface area (Å²) in [4.78, 5) is 0. The lowest BCUT2D eigenvalue weighted by Gasteiger charge is -2.19. The van der Waals surface area contributed by atoms with Gasteiger partial charge < -0.3 is 5.32 Å². The Hall–Kier alpha value is -0.710. The number of hydrogen-bond donors (Lipinski definition) is 1. The molecular weight excluding hydrogens is 385 g/mol. The van der Waals surface area contributed by atoms with E-state index in [1.165, 1.54) is 5.56 Å². The van der Waals surface area contributed by atoms with Gasteiger partial charge in [0, 0.05) is 16.1 Å². The average molecular weight is 401 g/mol. The summed E-state index contributed by atoms with van der Waals surface area (Å²) in [5, 5.41) is 3.36. The minimum atomic E-state index is -0.185. The van der Waals surface area contributed by atoms with Gasteiger partial charge in [0.2, 0.25) is 0 Å². The molecule has 1 atom stereocenters. The highest BCUT2D eigenvalue weighted by atomic mass is 79.9. The maximum absolute atomic E-state index is 14.2. The highest BCUT2D eigenvalue weighted by Crippen LogP contribution is 2.26.